The summed E-state index contributed by atoms with van der Waals surface area (Å²) in [4.78, 5) is 0. The summed E-state index contributed by atoms with van der Waals surface area (Å²) in [6, 6.07) is 10.9. The second-order valence-corrected chi connectivity index (χ2v) is 4.11. The number of benzene rings is 1. The Morgan fingerprint density at radius 1 is 1.16 bits per heavy atom. The number of aryl methyl sites for hydroxylation is 2. The maximum atomic E-state index is 2.99. The molecule has 0 nitrogen and oxygen atoms in total. The Balaban J connectivity index is 0. The van der Waals surface area contributed by atoms with Crippen LogP contribution in [-0.2, 0) is 26.2 Å². The molecule has 3 heteroatoms. The average molecular weight is 370 g/mol. The summed E-state index contributed by atoms with van der Waals surface area (Å²) in [5.74, 6) is 0. The minimum absolute atomic E-state index is 0. The number of hydrogen-bond donors (Lipinski definition) is 0. The van der Waals surface area contributed by atoms with Crippen molar-refractivity contribution in [3.8, 4) is 0 Å². The molecule has 0 heterocycles. The van der Waals surface area contributed by atoms with Gasteiger partial charge in [0.1, 0.15) is 0 Å². The minimum atomic E-state index is 0. The first-order chi connectivity index (χ1) is 7.77. The molecule has 0 unspecified atom stereocenters. The smallest absolute Gasteiger partial charge is 1.00 e. The van der Waals surface area contributed by atoms with Crippen LogP contribution in [0, 0.1) is 19.9 Å². The van der Waals surface area contributed by atoms with Gasteiger partial charge in [-0.15, -0.1) is 34.9 Å². The number of halogens is 2. The molecule has 0 saturated heterocycles. The van der Waals surface area contributed by atoms with Crippen LogP contribution in [0.15, 0.2) is 48.6 Å². The monoisotopic (exact) mass is 368 g/mol. The van der Waals surface area contributed by atoms with Crippen molar-refractivity contribution in [2.75, 3.05) is 0 Å². The normalized spacial score (nSPS) is 10.8. The maximum Gasteiger partial charge on any atom is 4.00 e. The molecular formula is C16H16Cl2Zr. The molecule has 0 spiro atoms. The van der Waals surface area contributed by atoms with Gasteiger partial charge in [0.05, 0.1) is 0 Å². The van der Waals surface area contributed by atoms with Crippen molar-refractivity contribution < 1.29 is 51.0 Å². The van der Waals surface area contributed by atoms with E-state index >= 15 is 0 Å². The van der Waals surface area contributed by atoms with Crippen molar-refractivity contribution in [1.82, 2.24) is 0 Å². The molecule has 0 radical (unpaired) electrons. The quantitative estimate of drug-likeness (QED) is 0.495. The Hall–Kier alpha value is -0.227. The molecule has 0 aromatic heterocycles. The van der Waals surface area contributed by atoms with Gasteiger partial charge in [0.25, 0.3) is 0 Å². The third kappa shape index (κ3) is 6.17. The summed E-state index contributed by atoms with van der Waals surface area (Å²) in [5.41, 5.74) is 2.72. The van der Waals surface area contributed by atoms with E-state index in [2.05, 4.69) is 56.3 Å². The van der Waals surface area contributed by atoms with Gasteiger partial charge in [-0.2, -0.15) is 18.2 Å². The number of hydrogen-bond acceptors (Lipinski definition) is 0. The first-order valence-electron chi connectivity index (χ1n) is 5.62. The van der Waals surface area contributed by atoms with E-state index in [4.69, 9.17) is 0 Å². The maximum absolute atomic E-state index is 2.99. The van der Waals surface area contributed by atoms with Gasteiger partial charge in [0, 0.05) is 0 Å². The van der Waals surface area contributed by atoms with Crippen molar-refractivity contribution in [3.05, 3.63) is 65.8 Å². The zero-order valence-electron chi connectivity index (χ0n) is 11.1. The molecule has 0 atom stereocenters. The van der Waals surface area contributed by atoms with Crippen LogP contribution in [0.5, 0.6) is 0 Å². The van der Waals surface area contributed by atoms with Crippen LogP contribution in [0.4, 0.5) is 0 Å². The van der Waals surface area contributed by atoms with E-state index in [1.807, 2.05) is 12.2 Å². The van der Waals surface area contributed by atoms with Crippen molar-refractivity contribution in [2.24, 2.45) is 0 Å². The van der Waals surface area contributed by atoms with E-state index in [0.717, 1.165) is 6.42 Å². The minimum Gasteiger partial charge on any atom is -1.00 e. The molecule has 0 aliphatic heterocycles. The van der Waals surface area contributed by atoms with Gasteiger partial charge in [-0.3, -0.25) is 6.08 Å². The summed E-state index contributed by atoms with van der Waals surface area (Å²) >= 11 is 0. The predicted molar refractivity (Wildman–Crippen MR) is 70.6 cm³/mol. The molecule has 0 bridgehead atoms. The third-order valence-electron chi connectivity index (χ3n) is 2.73. The molecule has 98 valence electrons. The molecule has 2 aromatic carbocycles. The Morgan fingerprint density at radius 2 is 1.89 bits per heavy atom. The van der Waals surface area contributed by atoms with Gasteiger partial charge in [0.2, 0.25) is 0 Å². The number of rotatable bonds is 0. The average Bonchev–Trinajstić information content (AvgIpc) is 2.93. The molecule has 3 rings (SSSR count). The summed E-state index contributed by atoms with van der Waals surface area (Å²) in [7, 11) is 0. The van der Waals surface area contributed by atoms with Crippen LogP contribution in [0.1, 0.15) is 17.5 Å². The van der Waals surface area contributed by atoms with E-state index in [1.54, 1.807) is 0 Å². The summed E-state index contributed by atoms with van der Waals surface area (Å²) in [6.45, 7) is 4.29. The Kier molecular flexibility index (Phi) is 11.7. The molecule has 0 fully saturated rings. The van der Waals surface area contributed by atoms with E-state index in [0.29, 0.717) is 0 Å². The van der Waals surface area contributed by atoms with Crippen LogP contribution in [0.3, 0.4) is 0 Å². The summed E-state index contributed by atoms with van der Waals surface area (Å²) in [5, 5.41) is 2.75. The van der Waals surface area contributed by atoms with E-state index in [1.165, 1.54) is 21.9 Å². The van der Waals surface area contributed by atoms with Gasteiger partial charge in [-0.25, -0.2) is 12.2 Å². The molecular weight excluding hydrogens is 354 g/mol. The number of fused-ring (bicyclic) bond motifs is 1. The Labute approximate surface area is 147 Å². The fourth-order valence-corrected chi connectivity index (χ4v) is 1.80. The standard InChI is InChI=1S/C11H11.C5H5.2ClH.Zr/c1-8-3-5-10-6-4-9(2)11(10)7-8;1-2-4-5-3-1;;;/h3-7H,1-2H3;1-3H,4H2;2*1H;/q2*-1;;;+4/p-2. The van der Waals surface area contributed by atoms with Crippen molar-refractivity contribution >= 4 is 10.8 Å². The van der Waals surface area contributed by atoms with Crippen LogP contribution in [0.25, 0.3) is 10.8 Å². The van der Waals surface area contributed by atoms with Gasteiger partial charge in [0.15, 0.2) is 0 Å². The molecule has 0 saturated carbocycles. The van der Waals surface area contributed by atoms with Gasteiger partial charge < -0.3 is 24.8 Å². The van der Waals surface area contributed by atoms with Crippen LogP contribution in [-0.4, -0.2) is 0 Å². The summed E-state index contributed by atoms with van der Waals surface area (Å²) in [6.07, 6.45) is 10.0. The zero-order valence-corrected chi connectivity index (χ0v) is 15.1. The largest absolute Gasteiger partial charge is 4.00 e. The Morgan fingerprint density at radius 3 is 2.42 bits per heavy atom. The van der Waals surface area contributed by atoms with Crippen molar-refractivity contribution in [1.29, 1.82) is 0 Å². The molecule has 1 aliphatic rings. The van der Waals surface area contributed by atoms with E-state index < -0.39 is 0 Å². The van der Waals surface area contributed by atoms with Crippen molar-refractivity contribution in [3.63, 3.8) is 0 Å². The van der Waals surface area contributed by atoms with E-state index in [-0.39, 0.29) is 51.0 Å². The number of allylic oxidation sites excluding steroid dienone is 4. The molecule has 0 N–H and O–H groups in total. The summed E-state index contributed by atoms with van der Waals surface area (Å²) < 4.78 is 0. The van der Waals surface area contributed by atoms with Crippen LogP contribution < -0.4 is 24.8 Å². The second kappa shape index (κ2) is 10.5. The van der Waals surface area contributed by atoms with Gasteiger partial charge in [-0.05, 0) is 6.92 Å². The first kappa shape index (κ1) is 21.1. The second-order valence-electron chi connectivity index (χ2n) is 4.11. The molecule has 2 aromatic rings. The first-order valence-corrected chi connectivity index (χ1v) is 5.62. The fraction of sp³-hybridized carbons (Fsp3) is 0.188. The molecule has 19 heavy (non-hydrogen) atoms. The zero-order chi connectivity index (χ0) is 11.4. The SMILES string of the molecule is Cc1ccc2cc[c-](C)c2c1.[C-]1=CC=CC1.[Cl-].[Cl-].[Zr+4]. The molecule has 1 aliphatic carbocycles. The van der Waals surface area contributed by atoms with Gasteiger partial charge >= 0.3 is 26.2 Å². The van der Waals surface area contributed by atoms with E-state index in [9.17, 15) is 0 Å². The topological polar surface area (TPSA) is 0 Å². The Bertz CT molecular complexity index is 529. The van der Waals surface area contributed by atoms with Crippen LogP contribution in [0.2, 0.25) is 0 Å². The predicted octanol–water partition coefficient (Wildman–Crippen LogP) is -1.51. The van der Waals surface area contributed by atoms with Gasteiger partial charge in [-0.1, -0.05) is 18.6 Å². The van der Waals surface area contributed by atoms with Crippen molar-refractivity contribution in [2.45, 2.75) is 20.3 Å². The third-order valence-corrected chi connectivity index (χ3v) is 2.73. The fourth-order valence-electron chi connectivity index (χ4n) is 1.80. The van der Waals surface area contributed by atoms with Crippen LogP contribution >= 0.6 is 0 Å². The molecule has 0 amide bonds.